The van der Waals surface area contributed by atoms with Crippen molar-refractivity contribution in [2.45, 2.75) is 6.54 Å². The number of aromatic amines is 1. The maximum atomic E-state index is 11.2. The van der Waals surface area contributed by atoms with Crippen molar-refractivity contribution < 1.29 is 9.53 Å². The molecule has 5 heterocycles. The van der Waals surface area contributed by atoms with Crippen molar-refractivity contribution >= 4 is 44.2 Å². The minimum atomic E-state index is -0.261. The Kier molecular flexibility index (Phi) is 6.11. The number of H-pyrrole nitrogens is 1. The molecule has 1 aromatic carbocycles. The van der Waals surface area contributed by atoms with Gasteiger partial charge in [0.2, 0.25) is 5.91 Å². The number of rotatable bonds is 6. The highest BCUT2D eigenvalue weighted by molar-refractivity contribution is 7.19. The van der Waals surface area contributed by atoms with Crippen LogP contribution in [0.3, 0.4) is 0 Å². The number of morpholine rings is 1. The van der Waals surface area contributed by atoms with Gasteiger partial charge in [-0.25, -0.2) is 9.97 Å². The van der Waals surface area contributed by atoms with Crippen LogP contribution < -0.4 is 10.6 Å². The van der Waals surface area contributed by atoms with Gasteiger partial charge in [0.25, 0.3) is 0 Å². The zero-order valence-electron chi connectivity index (χ0n) is 19.6. The summed E-state index contributed by atoms with van der Waals surface area (Å²) < 4.78 is 6.75. The average molecular weight is 492 g/mol. The van der Waals surface area contributed by atoms with Crippen LogP contribution in [0.5, 0.6) is 0 Å². The molecule has 2 fully saturated rings. The van der Waals surface area contributed by atoms with E-state index in [4.69, 9.17) is 20.4 Å². The number of thiophene rings is 1. The number of primary amides is 1. The zero-order chi connectivity index (χ0) is 23.8. The van der Waals surface area contributed by atoms with Gasteiger partial charge in [-0.2, -0.15) is 0 Å². The number of anilines is 1. The fraction of sp³-hybridized carbons (Fsp3) is 0.400. The summed E-state index contributed by atoms with van der Waals surface area (Å²) in [5.41, 5.74) is 8.48. The van der Waals surface area contributed by atoms with Crippen molar-refractivity contribution in [3.8, 4) is 11.4 Å². The zero-order valence-corrected chi connectivity index (χ0v) is 20.4. The van der Waals surface area contributed by atoms with Crippen molar-refractivity contribution in [2.24, 2.45) is 5.73 Å². The van der Waals surface area contributed by atoms with E-state index in [0.29, 0.717) is 19.8 Å². The fourth-order valence-corrected chi connectivity index (χ4v) is 6.13. The van der Waals surface area contributed by atoms with E-state index in [9.17, 15) is 4.79 Å². The minimum absolute atomic E-state index is 0.261. The summed E-state index contributed by atoms with van der Waals surface area (Å²) in [6.07, 6.45) is 1.96. The number of nitrogens with two attached hydrogens (primary N) is 1. The summed E-state index contributed by atoms with van der Waals surface area (Å²) in [5.74, 6) is 1.50. The highest BCUT2D eigenvalue weighted by Crippen LogP contribution is 2.36. The standard InChI is InChI=1S/C25H29N7O2S/c26-22(33)16-31-8-6-30(7-9-31)15-17-14-21-23(35-17)25(32-10-12-34-13-11-32)29-24(28-21)19-2-1-3-20-18(19)4-5-27-20/h1-5,14,27H,6-13,15-16H2,(H2,26,33). The summed E-state index contributed by atoms with van der Waals surface area (Å²) in [5, 5.41) is 1.13. The van der Waals surface area contributed by atoms with E-state index >= 15 is 0 Å². The number of fused-ring (bicyclic) bond motifs is 2. The molecule has 2 saturated heterocycles. The molecule has 35 heavy (non-hydrogen) atoms. The average Bonchev–Trinajstić information content (AvgIpc) is 3.51. The van der Waals surface area contributed by atoms with Crippen LogP contribution in [0.1, 0.15) is 4.88 Å². The molecule has 182 valence electrons. The second-order valence-corrected chi connectivity index (χ2v) is 10.3. The molecule has 3 N–H and O–H groups in total. The van der Waals surface area contributed by atoms with E-state index in [2.05, 4.69) is 43.9 Å². The molecule has 10 heteroatoms. The number of benzene rings is 1. The Morgan fingerprint density at radius 2 is 1.86 bits per heavy atom. The fourth-order valence-electron chi connectivity index (χ4n) is 4.98. The maximum Gasteiger partial charge on any atom is 0.231 e. The highest BCUT2D eigenvalue weighted by Gasteiger charge is 2.23. The Balaban J connectivity index is 1.33. The molecule has 0 radical (unpaired) electrons. The van der Waals surface area contributed by atoms with E-state index in [1.807, 2.05) is 12.3 Å². The van der Waals surface area contributed by atoms with Gasteiger partial charge in [0.1, 0.15) is 0 Å². The van der Waals surface area contributed by atoms with Gasteiger partial charge in [0.15, 0.2) is 11.6 Å². The van der Waals surface area contributed by atoms with Crippen LogP contribution in [0, 0.1) is 0 Å². The molecule has 0 unspecified atom stereocenters. The Hall–Kier alpha value is -3.05. The number of aromatic nitrogens is 3. The molecule has 0 saturated carbocycles. The first kappa shape index (κ1) is 22.4. The second-order valence-electron chi connectivity index (χ2n) is 9.16. The Bertz CT molecular complexity index is 1350. The molecule has 0 spiro atoms. The van der Waals surface area contributed by atoms with Crippen molar-refractivity contribution in [3.63, 3.8) is 0 Å². The number of hydrogen-bond donors (Lipinski definition) is 2. The first-order chi connectivity index (χ1) is 17.1. The summed E-state index contributed by atoms with van der Waals surface area (Å²) in [4.78, 5) is 32.8. The van der Waals surface area contributed by atoms with Gasteiger partial charge in [0, 0.05) is 73.4 Å². The highest BCUT2D eigenvalue weighted by atomic mass is 32.1. The third-order valence-corrected chi connectivity index (χ3v) is 7.88. The molecule has 0 aliphatic carbocycles. The van der Waals surface area contributed by atoms with Crippen LogP contribution in [-0.2, 0) is 16.1 Å². The molecule has 3 aromatic heterocycles. The van der Waals surface area contributed by atoms with E-state index in [1.165, 1.54) is 4.88 Å². The second kappa shape index (κ2) is 9.54. The smallest absolute Gasteiger partial charge is 0.231 e. The molecular weight excluding hydrogens is 462 g/mol. The molecule has 0 bridgehead atoms. The number of hydrogen-bond acceptors (Lipinski definition) is 8. The lowest BCUT2D eigenvalue weighted by atomic mass is 10.1. The van der Waals surface area contributed by atoms with Crippen LogP contribution in [-0.4, -0.2) is 89.7 Å². The number of piperazine rings is 1. The molecule has 1 amide bonds. The van der Waals surface area contributed by atoms with Crippen molar-refractivity contribution in [1.82, 2.24) is 24.8 Å². The van der Waals surface area contributed by atoms with Gasteiger partial charge in [-0.05, 0) is 18.2 Å². The predicted molar refractivity (Wildman–Crippen MR) is 139 cm³/mol. The third kappa shape index (κ3) is 4.62. The largest absolute Gasteiger partial charge is 0.378 e. The van der Waals surface area contributed by atoms with Crippen LogP contribution in [0.25, 0.3) is 32.5 Å². The van der Waals surface area contributed by atoms with Crippen molar-refractivity contribution in [1.29, 1.82) is 0 Å². The maximum absolute atomic E-state index is 11.2. The van der Waals surface area contributed by atoms with Gasteiger partial charge in [-0.1, -0.05) is 12.1 Å². The molecule has 6 rings (SSSR count). The Labute approximate surface area is 207 Å². The number of carbonyl (C=O) groups is 1. The van der Waals surface area contributed by atoms with E-state index in [-0.39, 0.29) is 5.91 Å². The first-order valence-electron chi connectivity index (χ1n) is 12.1. The quantitative estimate of drug-likeness (QED) is 0.426. The van der Waals surface area contributed by atoms with Crippen molar-refractivity contribution in [2.75, 3.05) is 63.9 Å². The summed E-state index contributed by atoms with van der Waals surface area (Å²) in [7, 11) is 0. The summed E-state index contributed by atoms with van der Waals surface area (Å²) in [6, 6.07) is 10.5. The number of ether oxygens (including phenoxy) is 1. The molecule has 2 aliphatic heterocycles. The van der Waals surface area contributed by atoms with E-state index in [0.717, 1.165) is 84.1 Å². The molecule has 4 aromatic rings. The molecule has 9 nitrogen and oxygen atoms in total. The molecule has 0 atom stereocenters. The summed E-state index contributed by atoms with van der Waals surface area (Å²) >= 11 is 1.79. The normalized spacial score (nSPS) is 18.0. The Morgan fingerprint density at radius 3 is 2.66 bits per heavy atom. The molecule has 2 aliphatic rings. The lowest BCUT2D eigenvalue weighted by Gasteiger charge is -2.33. The molecular formula is C25H29N7O2S. The minimum Gasteiger partial charge on any atom is -0.378 e. The summed E-state index contributed by atoms with van der Waals surface area (Å²) in [6.45, 7) is 7.85. The SMILES string of the molecule is NC(=O)CN1CCN(Cc2cc3nc(-c4cccc5[nH]ccc45)nc(N4CCOCC4)c3s2)CC1. The van der Waals surface area contributed by atoms with Crippen LogP contribution in [0.2, 0.25) is 0 Å². The Morgan fingerprint density at radius 1 is 1.06 bits per heavy atom. The van der Waals surface area contributed by atoms with Crippen molar-refractivity contribution in [3.05, 3.63) is 41.4 Å². The first-order valence-corrected chi connectivity index (χ1v) is 12.9. The topological polar surface area (TPSA) is 104 Å². The lowest BCUT2D eigenvalue weighted by molar-refractivity contribution is -0.119. The van der Waals surface area contributed by atoms with Crippen LogP contribution in [0.15, 0.2) is 36.5 Å². The van der Waals surface area contributed by atoms with Gasteiger partial charge < -0.3 is 20.4 Å². The number of nitrogens with one attached hydrogen (secondary N) is 1. The predicted octanol–water partition coefficient (Wildman–Crippen LogP) is 2.28. The van der Waals surface area contributed by atoms with Crippen LogP contribution in [0.4, 0.5) is 5.82 Å². The van der Waals surface area contributed by atoms with E-state index < -0.39 is 0 Å². The van der Waals surface area contributed by atoms with Gasteiger partial charge in [0.05, 0.1) is 30.0 Å². The van der Waals surface area contributed by atoms with E-state index in [1.54, 1.807) is 11.3 Å². The van der Waals surface area contributed by atoms with Gasteiger partial charge in [-0.3, -0.25) is 14.6 Å². The third-order valence-electron chi connectivity index (χ3n) is 6.78. The monoisotopic (exact) mass is 491 g/mol. The lowest BCUT2D eigenvalue weighted by Crippen LogP contribution is -2.48. The van der Waals surface area contributed by atoms with Gasteiger partial charge in [-0.15, -0.1) is 11.3 Å². The van der Waals surface area contributed by atoms with Crippen LogP contribution >= 0.6 is 11.3 Å². The number of amides is 1. The van der Waals surface area contributed by atoms with Gasteiger partial charge >= 0.3 is 0 Å². The number of nitrogens with zero attached hydrogens (tertiary/aromatic N) is 5. The number of carbonyl (C=O) groups excluding carboxylic acids is 1.